The minimum atomic E-state index is -0.671. The third-order valence-corrected chi connectivity index (χ3v) is 5.77. The predicted octanol–water partition coefficient (Wildman–Crippen LogP) is 2.41. The molecule has 0 aromatic heterocycles. The molecule has 3 rings (SSSR count). The number of nitrogens with zero attached hydrogens (tertiary/aromatic N) is 1. The highest BCUT2D eigenvalue weighted by Crippen LogP contribution is 2.23. The van der Waals surface area contributed by atoms with Crippen LogP contribution in [0, 0.1) is 12.8 Å². The molecular formula is C25H31N3O4. The van der Waals surface area contributed by atoms with E-state index in [9.17, 15) is 14.4 Å². The van der Waals surface area contributed by atoms with Gasteiger partial charge in [0.15, 0.2) is 0 Å². The molecule has 1 aliphatic heterocycles. The molecule has 1 atom stereocenters. The number of rotatable bonds is 8. The first-order valence-corrected chi connectivity index (χ1v) is 11.0. The molecule has 2 aromatic carbocycles. The van der Waals surface area contributed by atoms with Crippen molar-refractivity contribution in [1.29, 1.82) is 0 Å². The molecular weight excluding hydrogens is 406 g/mol. The quantitative estimate of drug-likeness (QED) is 0.621. The molecule has 7 heteroatoms. The number of nitrogens with one attached hydrogen (secondary N) is 2. The standard InChI is InChI=1S/C25H31N3O4/c1-18-7-6-10-21(17-18)25(31)28-14-11-19(12-15-28)22(24(30)26-13-16-32-2)27-23(29)20-8-4-3-5-9-20/h3-10,17,19,22H,11-16H2,1-2H3,(H,26,30)(H,27,29)/t22-/m0/s1. The lowest BCUT2D eigenvalue weighted by Gasteiger charge is -2.36. The zero-order valence-electron chi connectivity index (χ0n) is 18.7. The molecule has 1 aliphatic rings. The number of carbonyl (C=O) groups excluding carboxylic acids is 3. The second-order valence-corrected chi connectivity index (χ2v) is 8.10. The van der Waals surface area contributed by atoms with Crippen molar-refractivity contribution in [3.63, 3.8) is 0 Å². The lowest BCUT2D eigenvalue weighted by atomic mass is 9.88. The molecule has 2 aromatic rings. The van der Waals surface area contributed by atoms with Crippen LogP contribution in [-0.4, -0.2) is 62.0 Å². The van der Waals surface area contributed by atoms with E-state index in [4.69, 9.17) is 4.74 Å². The third-order valence-electron chi connectivity index (χ3n) is 5.77. The highest BCUT2D eigenvalue weighted by atomic mass is 16.5. The molecule has 0 spiro atoms. The van der Waals surface area contributed by atoms with Gasteiger partial charge in [0, 0.05) is 37.9 Å². The van der Waals surface area contributed by atoms with Gasteiger partial charge in [-0.15, -0.1) is 0 Å². The van der Waals surface area contributed by atoms with E-state index < -0.39 is 6.04 Å². The van der Waals surface area contributed by atoms with E-state index in [0.29, 0.717) is 50.2 Å². The number of aryl methyl sites for hydroxylation is 1. The van der Waals surface area contributed by atoms with Crippen molar-refractivity contribution in [2.75, 3.05) is 33.4 Å². The zero-order chi connectivity index (χ0) is 22.9. The fraction of sp³-hybridized carbons (Fsp3) is 0.400. The Kier molecular flexibility index (Phi) is 8.39. The van der Waals surface area contributed by atoms with Crippen molar-refractivity contribution in [3.8, 4) is 0 Å². The van der Waals surface area contributed by atoms with E-state index in [1.807, 2.05) is 42.2 Å². The maximum absolute atomic E-state index is 12.9. The minimum absolute atomic E-state index is 0.00145. The Hall–Kier alpha value is -3.19. The van der Waals surface area contributed by atoms with Crippen molar-refractivity contribution in [3.05, 3.63) is 71.3 Å². The van der Waals surface area contributed by atoms with Gasteiger partial charge in [-0.05, 0) is 49.9 Å². The van der Waals surface area contributed by atoms with Gasteiger partial charge < -0.3 is 20.3 Å². The monoisotopic (exact) mass is 437 g/mol. The van der Waals surface area contributed by atoms with Gasteiger partial charge in [0.25, 0.3) is 11.8 Å². The second-order valence-electron chi connectivity index (χ2n) is 8.10. The fourth-order valence-corrected chi connectivity index (χ4v) is 3.99. The van der Waals surface area contributed by atoms with Gasteiger partial charge in [0.05, 0.1) is 6.61 Å². The van der Waals surface area contributed by atoms with Gasteiger partial charge in [-0.3, -0.25) is 14.4 Å². The van der Waals surface area contributed by atoms with Gasteiger partial charge in [-0.25, -0.2) is 0 Å². The zero-order valence-corrected chi connectivity index (χ0v) is 18.7. The Bertz CT molecular complexity index is 924. The molecule has 0 unspecified atom stereocenters. The van der Waals surface area contributed by atoms with Crippen LogP contribution in [0.2, 0.25) is 0 Å². The summed E-state index contributed by atoms with van der Waals surface area (Å²) in [6.07, 6.45) is 1.27. The average molecular weight is 438 g/mol. The molecule has 1 saturated heterocycles. The van der Waals surface area contributed by atoms with Crippen molar-refractivity contribution in [2.24, 2.45) is 5.92 Å². The first-order valence-electron chi connectivity index (χ1n) is 11.0. The molecule has 0 radical (unpaired) electrons. The summed E-state index contributed by atoms with van der Waals surface area (Å²) in [5, 5.41) is 5.76. The number of methoxy groups -OCH3 is 1. The summed E-state index contributed by atoms with van der Waals surface area (Å²) in [4.78, 5) is 40.3. The number of hydrogen-bond acceptors (Lipinski definition) is 4. The van der Waals surface area contributed by atoms with Crippen LogP contribution in [0.5, 0.6) is 0 Å². The second kappa shape index (κ2) is 11.4. The Morgan fingerprint density at radius 2 is 1.72 bits per heavy atom. The molecule has 32 heavy (non-hydrogen) atoms. The number of carbonyl (C=O) groups is 3. The van der Waals surface area contributed by atoms with Gasteiger partial charge >= 0.3 is 0 Å². The summed E-state index contributed by atoms with van der Waals surface area (Å²) in [7, 11) is 1.57. The summed E-state index contributed by atoms with van der Waals surface area (Å²) in [6.45, 7) is 3.82. The van der Waals surface area contributed by atoms with E-state index in [1.54, 1.807) is 31.4 Å². The van der Waals surface area contributed by atoms with Crippen LogP contribution in [0.25, 0.3) is 0 Å². The number of ether oxygens (including phenoxy) is 1. The third kappa shape index (κ3) is 6.17. The first-order chi connectivity index (χ1) is 15.5. The topological polar surface area (TPSA) is 87.7 Å². The van der Waals surface area contributed by atoms with Crippen molar-refractivity contribution < 1.29 is 19.1 Å². The number of likely N-dealkylation sites (tertiary alicyclic amines) is 1. The number of piperidine rings is 1. The van der Waals surface area contributed by atoms with Gasteiger partial charge in [-0.1, -0.05) is 35.9 Å². The van der Waals surface area contributed by atoms with E-state index in [1.165, 1.54) is 0 Å². The molecule has 0 saturated carbocycles. The molecule has 0 aliphatic carbocycles. The van der Waals surface area contributed by atoms with Crippen LogP contribution < -0.4 is 10.6 Å². The van der Waals surface area contributed by atoms with Crippen LogP contribution in [-0.2, 0) is 9.53 Å². The highest BCUT2D eigenvalue weighted by molar-refractivity contribution is 5.97. The van der Waals surface area contributed by atoms with Gasteiger partial charge in [-0.2, -0.15) is 0 Å². The molecule has 3 amide bonds. The first kappa shape index (κ1) is 23.5. The molecule has 1 heterocycles. The smallest absolute Gasteiger partial charge is 0.253 e. The molecule has 2 N–H and O–H groups in total. The Labute approximate surface area is 189 Å². The fourth-order valence-electron chi connectivity index (χ4n) is 3.99. The van der Waals surface area contributed by atoms with Gasteiger partial charge in [0.2, 0.25) is 5.91 Å². The summed E-state index contributed by atoms with van der Waals surface area (Å²) < 4.78 is 5.01. The molecule has 7 nitrogen and oxygen atoms in total. The Morgan fingerprint density at radius 1 is 1.03 bits per heavy atom. The number of amides is 3. The summed E-state index contributed by atoms with van der Waals surface area (Å²) in [5.74, 6) is -0.570. The van der Waals surface area contributed by atoms with Crippen LogP contribution in [0.3, 0.4) is 0 Å². The summed E-state index contributed by atoms with van der Waals surface area (Å²) >= 11 is 0. The van der Waals surface area contributed by atoms with Crippen LogP contribution in [0.1, 0.15) is 39.1 Å². The Balaban J connectivity index is 1.66. The van der Waals surface area contributed by atoms with E-state index in [2.05, 4.69) is 10.6 Å². The lowest BCUT2D eigenvalue weighted by Crippen LogP contribution is -2.54. The maximum Gasteiger partial charge on any atom is 0.253 e. The summed E-state index contributed by atoms with van der Waals surface area (Å²) in [6, 6.07) is 15.8. The van der Waals surface area contributed by atoms with Crippen LogP contribution in [0.4, 0.5) is 0 Å². The largest absolute Gasteiger partial charge is 0.383 e. The predicted molar refractivity (Wildman–Crippen MR) is 122 cm³/mol. The highest BCUT2D eigenvalue weighted by Gasteiger charge is 2.34. The maximum atomic E-state index is 12.9. The van der Waals surface area contributed by atoms with Crippen LogP contribution >= 0.6 is 0 Å². The van der Waals surface area contributed by atoms with Gasteiger partial charge in [0.1, 0.15) is 6.04 Å². The number of hydrogen-bond donors (Lipinski definition) is 2. The molecule has 1 fully saturated rings. The minimum Gasteiger partial charge on any atom is -0.383 e. The average Bonchev–Trinajstić information content (AvgIpc) is 2.82. The van der Waals surface area contributed by atoms with Crippen molar-refractivity contribution >= 4 is 17.7 Å². The summed E-state index contributed by atoms with van der Waals surface area (Å²) in [5.41, 5.74) is 2.23. The number of benzene rings is 2. The van der Waals surface area contributed by atoms with Crippen molar-refractivity contribution in [2.45, 2.75) is 25.8 Å². The SMILES string of the molecule is COCCNC(=O)[C@@H](NC(=O)c1ccccc1)C1CCN(C(=O)c2cccc(C)c2)CC1. The Morgan fingerprint density at radius 3 is 2.38 bits per heavy atom. The molecule has 0 bridgehead atoms. The van der Waals surface area contributed by atoms with E-state index >= 15 is 0 Å². The van der Waals surface area contributed by atoms with Crippen LogP contribution in [0.15, 0.2) is 54.6 Å². The lowest BCUT2D eigenvalue weighted by molar-refractivity contribution is -0.124. The van der Waals surface area contributed by atoms with Crippen molar-refractivity contribution in [1.82, 2.24) is 15.5 Å². The van der Waals surface area contributed by atoms with E-state index in [-0.39, 0.29) is 23.6 Å². The molecule has 170 valence electrons. The normalized spacial score (nSPS) is 15.1. The van der Waals surface area contributed by atoms with E-state index in [0.717, 1.165) is 5.56 Å².